The quantitative estimate of drug-likeness (QED) is 0.275. The number of aliphatic carboxylic acids is 2. The molecule has 172 valence electrons. The van der Waals surface area contributed by atoms with Crippen molar-refractivity contribution in [3.8, 4) is 11.5 Å². The fourth-order valence-corrected chi connectivity index (χ4v) is 4.73. The van der Waals surface area contributed by atoms with Crippen LogP contribution in [0.1, 0.15) is 94.6 Å². The molecule has 2 aliphatic rings. The molecule has 1 aromatic carbocycles. The van der Waals surface area contributed by atoms with Gasteiger partial charge in [0.25, 0.3) is 0 Å². The molecular formula is C25H36O6. The first-order valence-electron chi connectivity index (χ1n) is 11.8. The third-order valence-corrected chi connectivity index (χ3v) is 7.35. The summed E-state index contributed by atoms with van der Waals surface area (Å²) >= 11 is 0. The number of hydrogen-bond acceptors (Lipinski definition) is 4. The van der Waals surface area contributed by atoms with E-state index in [1.54, 1.807) is 6.07 Å². The second kappa shape index (κ2) is 9.92. The first-order chi connectivity index (χ1) is 14.8. The van der Waals surface area contributed by atoms with Gasteiger partial charge >= 0.3 is 11.9 Å². The number of benzene rings is 1. The van der Waals surface area contributed by atoms with E-state index in [9.17, 15) is 30.0 Å². The SMILES string of the molecule is O=C(O)C1(CCCCCCc2cc(O)cc(O)c2CCCCCC2(C(=O)O)CC2)CC1. The first-order valence-corrected chi connectivity index (χ1v) is 11.8. The van der Waals surface area contributed by atoms with Crippen LogP contribution in [0.5, 0.6) is 11.5 Å². The molecule has 0 spiro atoms. The van der Waals surface area contributed by atoms with Gasteiger partial charge in [-0.2, -0.15) is 0 Å². The zero-order chi connectivity index (χ0) is 22.5. The van der Waals surface area contributed by atoms with E-state index >= 15 is 0 Å². The van der Waals surface area contributed by atoms with Crippen molar-refractivity contribution in [2.24, 2.45) is 10.8 Å². The second-order valence-corrected chi connectivity index (χ2v) is 9.75. The van der Waals surface area contributed by atoms with Gasteiger partial charge in [0.05, 0.1) is 10.8 Å². The molecule has 2 fully saturated rings. The van der Waals surface area contributed by atoms with Gasteiger partial charge in [-0.3, -0.25) is 9.59 Å². The molecule has 0 radical (unpaired) electrons. The van der Waals surface area contributed by atoms with Crippen LogP contribution in [-0.4, -0.2) is 32.4 Å². The first kappa shape index (κ1) is 23.4. The summed E-state index contributed by atoms with van der Waals surface area (Å²) in [4.78, 5) is 22.5. The number of rotatable bonds is 15. The van der Waals surface area contributed by atoms with Crippen molar-refractivity contribution in [2.75, 3.05) is 0 Å². The van der Waals surface area contributed by atoms with E-state index in [-0.39, 0.29) is 11.5 Å². The van der Waals surface area contributed by atoms with E-state index in [4.69, 9.17) is 0 Å². The molecular weight excluding hydrogens is 396 g/mol. The number of carboxylic acid groups (broad SMARTS) is 2. The van der Waals surface area contributed by atoms with Gasteiger partial charge in [0, 0.05) is 6.07 Å². The van der Waals surface area contributed by atoms with Crippen molar-refractivity contribution in [3.05, 3.63) is 23.3 Å². The van der Waals surface area contributed by atoms with E-state index in [0.29, 0.717) is 0 Å². The monoisotopic (exact) mass is 432 g/mol. The number of carboxylic acids is 2. The Balaban J connectivity index is 1.39. The van der Waals surface area contributed by atoms with E-state index in [1.807, 2.05) is 0 Å². The van der Waals surface area contributed by atoms with Crippen LogP contribution in [0.4, 0.5) is 0 Å². The normalized spacial score (nSPS) is 17.9. The molecule has 0 bridgehead atoms. The Labute approximate surface area is 184 Å². The number of hydrogen-bond donors (Lipinski definition) is 4. The van der Waals surface area contributed by atoms with Crippen LogP contribution in [0.3, 0.4) is 0 Å². The lowest BCUT2D eigenvalue weighted by Gasteiger charge is -2.14. The lowest BCUT2D eigenvalue weighted by atomic mass is 9.93. The smallest absolute Gasteiger partial charge is 0.309 e. The number of aryl methyl sites for hydroxylation is 1. The predicted molar refractivity (Wildman–Crippen MR) is 117 cm³/mol. The molecule has 0 atom stereocenters. The van der Waals surface area contributed by atoms with E-state index in [1.165, 1.54) is 6.07 Å². The van der Waals surface area contributed by atoms with Crippen LogP contribution in [0, 0.1) is 10.8 Å². The predicted octanol–water partition coefficient (Wildman–Crippen LogP) is 5.42. The van der Waals surface area contributed by atoms with Crippen molar-refractivity contribution in [3.63, 3.8) is 0 Å². The van der Waals surface area contributed by atoms with Gasteiger partial charge in [0.1, 0.15) is 11.5 Å². The molecule has 0 unspecified atom stereocenters. The maximum Gasteiger partial charge on any atom is 0.309 e. The summed E-state index contributed by atoms with van der Waals surface area (Å²) in [7, 11) is 0. The summed E-state index contributed by atoms with van der Waals surface area (Å²) in [5.74, 6) is -1.11. The minimum atomic E-state index is -0.666. The van der Waals surface area contributed by atoms with Crippen LogP contribution >= 0.6 is 0 Å². The highest BCUT2D eigenvalue weighted by Gasteiger charge is 2.49. The molecule has 0 heterocycles. The number of phenolic OH excluding ortho intramolecular Hbond substituents is 2. The molecule has 2 saturated carbocycles. The maximum atomic E-state index is 11.3. The number of carbonyl (C=O) groups is 2. The van der Waals surface area contributed by atoms with Gasteiger partial charge in [-0.25, -0.2) is 0 Å². The molecule has 4 N–H and O–H groups in total. The molecule has 0 aromatic heterocycles. The average molecular weight is 433 g/mol. The summed E-state index contributed by atoms with van der Waals surface area (Å²) in [5.41, 5.74) is 0.967. The highest BCUT2D eigenvalue weighted by Crippen LogP contribution is 2.50. The van der Waals surface area contributed by atoms with Crippen LogP contribution in [0.15, 0.2) is 12.1 Å². The van der Waals surface area contributed by atoms with Gasteiger partial charge in [-0.15, -0.1) is 0 Å². The summed E-state index contributed by atoms with van der Waals surface area (Å²) in [5, 5.41) is 38.7. The molecule has 31 heavy (non-hydrogen) atoms. The Bertz CT molecular complexity index is 791. The minimum Gasteiger partial charge on any atom is -0.508 e. The molecule has 3 rings (SSSR count). The molecule has 0 aliphatic heterocycles. The molecule has 0 saturated heterocycles. The van der Waals surface area contributed by atoms with Crippen LogP contribution in [-0.2, 0) is 22.4 Å². The second-order valence-electron chi connectivity index (χ2n) is 9.75. The summed E-state index contributed by atoms with van der Waals surface area (Å²) in [6.45, 7) is 0. The zero-order valence-corrected chi connectivity index (χ0v) is 18.4. The average Bonchev–Trinajstić information content (AvgIpc) is 3.61. The van der Waals surface area contributed by atoms with Crippen LogP contribution < -0.4 is 0 Å². The Morgan fingerprint density at radius 2 is 1.19 bits per heavy atom. The number of unbranched alkanes of at least 4 members (excludes halogenated alkanes) is 5. The number of aromatic hydroxyl groups is 2. The Hall–Kier alpha value is -2.24. The highest BCUT2D eigenvalue weighted by molar-refractivity contribution is 5.78. The van der Waals surface area contributed by atoms with Crippen molar-refractivity contribution < 1.29 is 30.0 Å². The van der Waals surface area contributed by atoms with Gasteiger partial charge in [0.2, 0.25) is 0 Å². The summed E-state index contributed by atoms with van der Waals surface area (Å²) < 4.78 is 0. The van der Waals surface area contributed by atoms with Gasteiger partial charge in [-0.05, 0) is 81.4 Å². The van der Waals surface area contributed by atoms with Gasteiger partial charge in [-0.1, -0.05) is 32.1 Å². The zero-order valence-electron chi connectivity index (χ0n) is 18.4. The Kier molecular flexibility index (Phi) is 7.50. The summed E-state index contributed by atoms with van der Waals surface area (Å²) in [6.07, 6.45) is 12.8. The standard InChI is InChI=1S/C25H36O6/c26-19-16-18(8-4-1-2-6-10-24(12-13-24)22(28)29)20(21(27)17-19)9-5-3-7-11-25(14-15-25)23(30)31/h16-17,26-27H,1-15H2,(H,28,29)(H,30,31). The topological polar surface area (TPSA) is 115 Å². The number of phenols is 2. The third-order valence-electron chi connectivity index (χ3n) is 7.35. The maximum absolute atomic E-state index is 11.3. The van der Waals surface area contributed by atoms with Crippen molar-refractivity contribution in [2.45, 2.75) is 96.3 Å². The molecule has 0 amide bonds. The van der Waals surface area contributed by atoms with Crippen LogP contribution in [0.25, 0.3) is 0 Å². The highest BCUT2D eigenvalue weighted by atomic mass is 16.4. The lowest BCUT2D eigenvalue weighted by Crippen LogP contribution is -2.14. The third kappa shape index (κ3) is 6.14. The van der Waals surface area contributed by atoms with E-state index < -0.39 is 22.8 Å². The molecule has 1 aromatic rings. The molecule has 6 heteroatoms. The van der Waals surface area contributed by atoms with Gasteiger partial charge in [0.15, 0.2) is 0 Å². The Morgan fingerprint density at radius 1 is 0.710 bits per heavy atom. The molecule has 2 aliphatic carbocycles. The fourth-order valence-electron chi connectivity index (χ4n) is 4.73. The van der Waals surface area contributed by atoms with Crippen molar-refractivity contribution in [1.29, 1.82) is 0 Å². The van der Waals surface area contributed by atoms with Crippen molar-refractivity contribution in [1.82, 2.24) is 0 Å². The molecule has 6 nitrogen and oxygen atoms in total. The largest absolute Gasteiger partial charge is 0.508 e. The van der Waals surface area contributed by atoms with E-state index in [0.717, 1.165) is 107 Å². The Morgan fingerprint density at radius 3 is 1.71 bits per heavy atom. The van der Waals surface area contributed by atoms with Gasteiger partial charge < -0.3 is 20.4 Å². The van der Waals surface area contributed by atoms with Crippen molar-refractivity contribution >= 4 is 11.9 Å². The van der Waals surface area contributed by atoms with E-state index in [2.05, 4.69) is 0 Å². The van der Waals surface area contributed by atoms with Crippen LogP contribution in [0.2, 0.25) is 0 Å². The summed E-state index contributed by atoms with van der Waals surface area (Å²) in [6, 6.07) is 3.13. The lowest BCUT2D eigenvalue weighted by molar-refractivity contribution is -0.144. The fraction of sp³-hybridized carbons (Fsp3) is 0.680. The minimum absolute atomic E-state index is 0.0746.